The Morgan fingerprint density at radius 3 is 2.80 bits per heavy atom. The average molecular weight is 339 g/mol. The summed E-state index contributed by atoms with van der Waals surface area (Å²) in [5, 5.41) is 9.17. The third-order valence-corrected chi connectivity index (χ3v) is 2.69. The number of aromatic nitrogens is 3. The smallest absolute Gasteiger partial charge is 0.414 e. The van der Waals surface area contributed by atoms with Gasteiger partial charge >= 0.3 is 6.09 Å². The molecule has 2 rings (SSSR count). The Balaban J connectivity index is 2.08. The van der Waals surface area contributed by atoms with Gasteiger partial charge < -0.3 is 4.74 Å². The first kappa shape index (κ1) is 14.5. The molecule has 0 spiro atoms. The van der Waals surface area contributed by atoms with Gasteiger partial charge in [-0.15, -0.1) is 5.10 Å². The molecule has 0 unspecified atom stereocenters. The number of H-pyrrole nitrogens is 1. The molecule has 1 amide bonds. The fraction of sp³-hybridized carbons (Fsp3) is 0.308. The number of halogens is 1. The molecule has 20 heavy (non-hydrogen) atoms. The van der Waals surface area contributed by atoms with Gasteiger partial charge in [0.05, 0.1) is 0 Å². The summed E-state index contributed by atoms with van der Waals surface area (Å²) in [6.45, 7) is 5.37. The topological polar surface area (TPSA) is 79.9 Å². The molecule has 106 valence electrons. The fourth-order valence-electron chi connectivity index (χ4n) is 1.48. The van der Waals surface area contributed by atoms with Crippen LogP contribution in [0.5, 0.6) is 0 Å². The third kappa shape index (κ3) is 4.06. The van der Waals surface area contributed by atoms with Crippen LogP contribution >= 0.6 is 15.9 Å². The standard InChI is InChI=1S/C13H15BrN4O2/c1-13(2,3)20-12(19)16-11-15-10(17-18-11)8-5-4-6-9(14)7-8/h4-7H,1-3H3,(H2,15,16,17,18,19). The van der Waals surface area contributed by atoms with Crippen LogP contribution < -0.4 is 5.32 Å². The Morgan fingerprint density at radius 2 is 2.15 bits per heavy atom. The molecule has 7 heteroatoms. The quantitative estimate of drug-likeness (QED) is 0.876. The summed E-state index contributed by atoms with van der Waals surface area (Å²) in [5.41, 5.74) is 0.303. The van der Waals surface area contributed by atoms with Crippen LogP contribution in [0, 0.1) is 0 Å². The summed E-state index contributed by atoms with van der Waals surface area (Å²) < 4.78 is 6.06. The van der Waals surface area contributed by atoms with Crippen molar-refractivity contribution in [3.8, 4) is 11.4 Å². The molecule has 2 aromatic rings. The minimum Gasteiger partial charge on any atom is -0.444 e. The van der Waals surface area contributed by atoms with E-state index in [-0.39, 0.29) is 5.95 Å². The van der Waals surface area contributed by atoms with Crippen molar-refractivity contribution < 1.29 is 9.53 Å². The Labute approximate surface area is 125 Å². The lowest BCUT2D eigenvalue weighted by Gasteiger charge is -2.18. The maximum absolute atomic E-state index is 11.6. The minimum absolute atomic E-state index is 0.175. The highest BCUT2D eigenvalue weighted by Crippen LogP contribution is 2.20. The number of nitrogens with one attached hydrogen (secondary N) is 2. The molecule has 1 aromatic heterocycles. The second kappa shape index (κ2) is 5.62. The van der Waals surface area contributed by atoms with E-state index in [1.54, 1.807) is 20.8 Å². The lowest BCUT2D eigenvalue weighted by Crippen LogP contribution is -2.27. The number of benzene rings is 1. The van der Waals surface area contributed by atoms with E-state index in [1.165, 1.54) is 0 Å². The number of aromatic amines is 1. The van der Waals surface area contributed by atoms with Gasteiger partial charge in [-0.1, -0.05) is 28.1 Å². The van der Waals surface area contributed by atoms with Crippen molar-refractivity contribution in [1.82, 2.24) is 15.2 Å². The van der Waals surface area contributed by atoms with Crippen molar-refractivity contribution in [2.75, 3.05) is 5.32 Å². The number of nitrogens with zero attached hydrogens (tertiary/aromatic N) is 2. The van der Waals surface area contributed by atoms with Gasteiger partial charge in [-0.05, 0) is 32.9 Å². The summed E-state index contributed by atoms with van der Waals surface area (Å²) in [6.07, 6.45) is -0.586. The van der Waals surface area contributed by atoms with Crippen LogP contribution in [0.25, 0.3) is 11.4 Å². The molecule has 1 heterocycles. The van der Waals surface area contributed by atoms with Gasteiger partial charge in [0.1, 0.15) is 5.60 Å². The number of carbonyl (C=O) groups excluding carboxylic acids is 1. The third-order valence-electron chi connectivity index (χ3n) is 2.20. The lowest BCUT2D eigenvalue weighted by molar-refractivity contribution is 0.0634. The van der Waals surface area contributed by atoms with E-state index in [9.17, 15) is 4.79 Å². The summed E-state index contributed by atoms with van der Waals surface area (Å²) in [6, 6.07) is 7.60. The van der Waals surface area contributed by atoms with Crippen LogP contribution in [0.4, 0.5) is 10.7 Å². The summed E-state index contributed by atoms with van der Waals surface area (Å²) in [4.78, 5) is 15.8. The number of amides is 1. The van der Waals surface area contributed by atoms with Crippen molar-refractivity contribution in [3.05, 3.63) is 28.7 Å². The Bertz CT molecular complexity index is 619. The van der Waals surface area contributed by atoms with Crippen molar-refractivity contribution in [2.24, 2.45) is 0 Å². The van der Waals surface area contributed by atoms with Gasteiger partial charge in [-0.25, -0.2) is 4.79 Å². The first-order chi connectivity index (χ1) is 9.33. The minimum atomic E-state index is -0.586. The first-order valence-electron chi connectivity index (χ1n) is 6.02. The van der Waals surface area contributed by atoms with E-state index in [4.69, 9.17) is 4.74 Å². The predicted octanol–water partition coefficient (Wildman–Crippen LogP) is 3.58. The van der Waals surface area contributed by atoms with Gasteiger partial charge in [0, 0.05) is 10.0 Å². The molecular weight excluding hydrogens is 324 g/mol. The fourth-order valence-corrected chi connectivity index (χ4v) is 1.88. The Kier molecular flexibility index (Phi) is 4.08. The van der Waals surface area contributed by atoms with E-state index >= 15 is 0 Å². The molecule has 0 bridgehead atoms. The highest BCUT2D eigenvalue weighted by molar-refractivity contribution is 9.10. The zero-order chi connectivity index (χ0) is 14.8. The van der Waals surface area contributed by atoms with Crippen LogP contribution in [0.2, 0.25) is 0 Å². The van der Waals surface area contributed by atoms with E-state index < -0.39 is 11.7 Å². The van der Waals surface area contributed by atoms with Crippen LogP contribution in [-0.2, 0) is 4.74 Å². The van der Waals surface area contributed by atoms with Crippen molar-refractivity contribution in [1.29, 1.82) is 0 Å². The zero-order valence-corrected chi connectivity index (χ0v) is 13.0. The highest BCUT2D eigenvalue weighted by atomic mass is 79.9. The second-order valence-electron chi connectivity index (χ2n) is 5.14. The molecule has 0 saturated carbocycles. The Morgan fingerprint density at radius 1 is 1.40 bits per heavy atom. The van der Waals surface area contributed by atoms with Crippen LogP contribution in [-0.4, -0.2) is 26.9 Å². The highest BCUT2D eigenvalue weighted by Gasteiger charge is 2.17. The van der Waals surface area contributed by atoms with Crippen molar-refractivity contribution in [2.45, 2.75) is 26.4 Å². The number of hydrogen-bond donors (Lipinski definition) is 2. The first-order valence-corrected chi connectivity index (χ1v) is 6.81. The molecular formula is C13H15BrN4O2. The monoisotopic (exact) mass is 338 g/mol. The maximum Gasteiger partial charge on any atom is 0.414 e. The van der Waals surface area contributed by atoms with Gasteiger partial charge in [0.25, 0.3) is 5.95 Å². The lowest BCUT2D eigenvalue weighted by atomic mass is 10.2. The zero-order valence-electron chi connectivity index (χ0n) is 11.4. The van der Waals surface area contributed by atoms with Gasteiger partial charge in [-0.3, -0.25) is 10.4 Å². The molecule has 2 N–H and O–H groups in total. The molecule has 1 aromatic carbocycles. The SMILES string of the molecule is CC(C)(C)OC(=O)Nc1n[nH]c(-c2cccc(Br)c2)n1. The molecule has 0 aliphatic carbocycles. The van der Waals surface area contributed by atoms with Crippen LogP contribution in [0.3, 0.4) is 0 Å². The summed E-state index contributed by atoms with van der Waals surface area (Å²) >= 11 is 3.39. The van der Waals surface area contributed by atoms with Crippen molar-refractivity contribution in [3.63, 3.8) is 0 Å². The van der Waals surface area contributed by atoms with Crippen LogP contribution in [0.1, 0.15) is 20.8 Å². The average Bonchev–Trinajstić information content (AvgIpc) is 2.74. The number of ether oxygens (including phenoxy) is 1. The van der Waals surface area contributed by atoms with E-state index in [0.29, 0.717) is 5.82 Å². The molecule has 0 aliphatic heterocycles. The Hall–Kier alpha value is -1.89. The number of carbonyl (C=O) groups is 1. The molecule has 0 saturated heterocycles. The van der Waals surface area contributed by atoms with Gasteiger partial charge in [0.2, 0.25) is 0 Å². The molecule has 0 fully saturated rings. The largest absolute Gasteiger partial charge is 0.444 e. The summed E-state index contributed by atoms with van der Waals surface area (Å²) in [5.74, 6) is 0.742. The van der Waals surface area contributed by atoms with E-state index in [0.717, 1.165) is 10.0 Å². The van der Waals surface area contributed by atoms with Gasteiger partial charge in [-0.2, -0.15) is 4.98 Å². The maximum atomic E-state index is 11.6. The molecule has 0 aliphatic rings. The number of hydrogen-bond acceptors (Lipinski definition) is 4. The van der Waals surface area contributed by atoms with E-state index in [2.05, 4.69) is 36.4 Å². The van der Waals surface area contributed by atoms with Crippen LogP contribution in [0.15, 0.2) is 28.7 Å². The molecule has 6 nitrogen and oxygen atoms in total. The molecule has 0 atom stereocenters. The summed E-state index contributed by atoms with van der Waals surface area (Å²) in [7, 11) is 0. The molecule has 0 radical (unpaired) electrons. The second-order valence-corrected chi connectivity index (χ2v) is 6.06. The number of rotatable bonds is 2. The van der Waals surface area contributed by atoms with Crippen molar-refractivity contribution >= 4 is 28.0 Å². The predicted molar refractivity (Wildman–Crippen MR) is 79.4 cm³/mol. The normalized spacial score (nSPS) is 11.2. The number of anilines is 1. The van der Waals surface area contributed by atoms with E-state index in [1.807, 2.05) is 24.3 Å². The van der Waals surface area contributed by atoms with Gasteiger partial charge in [0.15, 0.2) is 5.82 Å².